The van der Waals surface area contributed by atoms with Gasteiger partial charge in [0.1, 0.15) is 23.3 Å². The Morgan fingerprint density at radius 1 is 0.967 bits per heavy atom. The van der Waals surface area contributed by atoms with E-state index in [2.05, 4.69) is 0 Å². The number of hydrogen-bond acceptors (Lipinski definition) is 6. The highest BCUT2D eigenvalue weighted by Gasteiger charge is 2.17. The van der Waals surface area contributed by atoms with Gasteiger partial charge in [-0.15, -0.1) is 0 Å². The molecule has 0 fully saturated rings. The highest BCUT2D eigenvalue weighted by molar-refractivity contribution is 5.84. The van der Waals surface area contributed by atoms with Gasteiger partial charge in [0.05, 0.1) is 10.9 Å². The lowest BCUT2D eigenvalue weighted by molar-refractivity contribution is -0.145. The average Bonchev–Trinajstić information content (AvgIpc) is 2.70. The molecule has 2 aromatic carbocycles. The molecule has 156 valence electrons. The zero-order chi connectivity index (χ0) is 22.0. The summed E-state index contributed by atoms with van der Waals surface area (Å²) in [4.78, 5) is 34.9. The van der Waals surface area contributed by atoms with Gasteiger partial charge in [0.25, 0.3) is 0 Å². The third-order valence-electron chi connectivity index (χ3n) is 4.55. The van der Waals surface area contributed by atoms with Crippen molar-refractivity contribution in [2.45, 2.75) is 33.0 Å². The van der Waals surface area contributed by atoms with Crippen molar-refractivity contribution in [1.29, 1.82) is 0 Å². The summed E-state index contributed by atoms with van der Waals surface area (Å²) >= 11 is 0. The van der Waals surface area contributed by atoms with Crippen LogP contribution in [-0.4, -0.2) is 34.4 Å². The zero-order valence-corrected chi connectivity index (χ0v) is 16.5. The topological polar surface area (TPSA) is 123 Å². The largest absolute Gasteiger partial charge is 0.479 e. The Balaban J connectivity index is 1.94. The maximum absolute atomic E-state index is 13.0. The molecular formula is C22H20O8. The predicted molar refractivity (Wildman–Crippen MR) is 108 cm³/mol. The van der Waals surface area contributed by atoms with E-state index in [9.17, 15) is 14.4 Å². The number of hydrogen-bond donors (Lipinski definition) is 2. The van der Waals surface area contributed by atoms with Crippen LogP contribution in [0.1, 0.15) is 19.4 Å². The van der Waals surface area contributed by atoms with Gasteiger partial charge in [0.15, 0.2) is 12.2 Å². The van der Waals surface area contributed by atoms with E-state index in [0.717, 1.165) is 0 Å². The molecule has 0 aliphatic rings. The Labute approximate surface area is 171 Å². The van der Waals surface area contributed by atoms with E-state index in [1.54, 1.807) is 37.3 Å². The van der Waals surface area contributed by atoms with Gasteiger partial charge >= 0.3 is 11.9 Å². The molecule has 0 aliphatic carbocycles. The molecule has 2 N–H and O–H groups in total. The highest BCUT2D eigenvalue weighted by atomic mass is 16.5. The number of carbonyl (C=O) groups is 2. The zero-order valence-electron chi connectivity index (χ0n) is 16.5. The van der Waals surface area contributed by atoms with Crippen molar-refractivity contribution in [2.24, 2.45) is 0 Å². The summed E-state index contributed by atoms with van der Waals surface area (Å²) in [5.74, 6) is -1.49. The Morgan fingerprint density at radius 2 is 1.57 bits per heavy atom. The molecule has 0 bridgehead atoms. The van der Waals surface area contributed by atoms with Crippen LogP contribution in [0, 0.1) is 6.92 Å². The van der Waals surface area contributed by atoms with Crippen LogP contribution in [-0.2, 0) is 9.59 Å². The van der Waals surface area contributed by atoms with E-state index in [1.165, 1.54) is 26.2 Å². The average molecular weight is 412 g/mol. The second-order valence-corrected chi connectivity index (χ2v) is 6.81. The first-order valence-electron chi connectivity index (χ1n) is 9.13. The van der Waals surface area contributed by atoms with E-state index >= 15 is 0 Å². The van der Waals surface area contributed by atoms with E-state index < -0.39 is 24.1 Å². The third kappa shape index (κ3) is 4.27. The number of aryl methyl sites for hydroxylation is 1. The standard InChI is InChI=1S/C22H20O8/c1-11-8-16-19(9-18(11)30-13(3)22(26)27)28-10-17(20(16)23)14-4-6-15(7-5-14)29-12(2)21(24)25/h4-10,12-13H,1-3H3,(H,24,25)(H,26,27)/t12-,13-/m1/s1. The van der Waals surface area contributed by atoms with Crippen LogP contribution in [0.3, 0.4) is 0 Å². The fraction of sp³-hybridized carbons (Fsp3) is 0.227. The van der Waals surface area contributed by atoms with Crippen LogP contribution in [0.25, 0.3) is 22.1 Å². The second kappa shape index (κ2) is 8.28. The van der Waals surface area contributed by atoms with Crippen molar-refractivity contribution in [2.75, 3.05) is 0 Å². The summed E-state index contributed by atoms with van der Waals surface area (Å²) in [6.07, 6.45) is -0.721. The number of carboxylic acid groups (broad SMARTS) is 2. The summed E-state index contributed by atoms with van der Waals surface area (Å²) in [7, 11) is 0. The molecule has 30 heavy (non-hydrogen) atoms. The van der Waals surface area contributed by atoms with Crippen LogP contribution in [0.2, 0.25) is 0 Å². The maximum Gasteiger partial charge on any atom is 0.344 e. The molecule has 0 saturated carbocycles. The van der Waals surface area contributed by atoms with Gasteiger partial charge in [-0.25, -0.2) is 9.59 Å². The molecule has 8 heteroatoms. The quantitative estimate of drug-likeness (QED) is 0.605. The van der Waals surface area contributed by atoms with E-state index in [4.69, 9.17) is 24.1 Å². The fourth-order valence-corrected chi connectivity index (χ4v) is 2.80. The molecule has 3 aromatic rings. The van der Waals surface area contributed by atoms with Gasteiger partial charge in [-0.2, -0.15) is 0 Å². The van der Waals surface area contributed by atoms with Crippen LogP contribution < -0.4 is 14.9 Å². The van der Waals surface area contributed by atoms with E-state index in [-0.39, 0.29) is 11.0 Å². The SMILES string of the molecule is Cc1cc2c(=O)c(-c3ccc(O[C@H](C)C(=O)O)cc3)coc2cc1O[C@H](C)C(=O)O. The minimum absolute atomic E-state index is 0.259. The van der Waals surface area contributed by atoms with Gasteiger partial charge < -0.3 is 24.1 Å². The molecule has 3 rings (SSSR count). The number of aliphatic carboxylic acids is 2. The van der Waals surface area contributed by atoms with Crippen molar-refractivity contribution in [3.05, 3.63) is 58.4 Å². The van der Waals surface area contributed by atoms with Gasteiger partial charge in [-0.05, 0) is 50.1 Å². The first kappa shape index (κ1) is 20.9. The van der Waals surface area contributed by atoms with Crippen molar-refractivity contribution in [3.63, 3.8) is 0 Å². The van der Waals surface area contributed by atoms with Crippen molar-refractivity contribution < 1.29 is 33.7 Å². The molecule has 1 aromatic heterocycles. The lowest BCUT2D eigenvalue weighted by atomic mass is 10.0. The Morgan fingerprint density at radius 3 is 2.17 bits per heavy atom. The minimum Gasteiger partial charge on any atom is -0.479 e. The molecule has 0 spiro atoms. The van der Waals surface area contributed by atoms with Crippen LogP contribution in [0.4, 0.5) is 0 Å². The predicted octanol–water partition coefficient (Wildman–Crippen LogP) is 3.47. The first-order valence-corrected chi connectivity index (χ1v) is 9.13. The Kier molecular flexibility index (Phi) is 5.77. The molecule has 0 radical (unpaired) electrons. The summed E-state index contributed by atoms with van der Waals surface area (Å²) < 4.78 is 16.3. The summed E-state index contributed by atoms with van der Waals surface area (Å²) in [6.45, 7) is 4.55. The lowest BCUT2D eigenvalue weighted by Gasteiger charge is -2.13. The summed E-state index contributed by atoms with van der Waals surface area (Å²) in [5.41, 5.74) is 1.53. The monoisotopic (exact) mass is 412 g/mol. The number of carboxylic acids is 2. The number of fused-ring (bicyclic) bond motifs is 1. The fourth-order valence-electron chi connectivity index (χ4n) is 2.80. The molecule has 1 heterocycles. The van der Waals surface area contributed by atoms with Gasteiger partial charge in [0.2, 0.25) is 5.43 Å². The van der Waals surface area contributed by atoms with Gasteiger partial charge in [-0.1, -0.05) is 12.1 Å². The summed E-state index contributed by atoms with van der Waals surface area (Å²) in [5, 5.41) is 18.3. The molecule has 0 unspecified atom stereocenters. The lowest BCUT2D eigenvalue weighted by Crippen LogP contribution is -2.23. The minimum atomic E-state index is -1.10. The van der Waals surface area contributed by atoms with Crippen molar-refractivity contribution >= 4 is 22.9 Å². The normalized spacial score (nSPS) is 12.9. The third-order valence-corrected chi connectivity index (χ3v) is 4.55. The number of benzene rings is 2. The second-order valence-electron chi connectivity index (χ2n) is 6.81. The van der Waals surface area contributed by atoms with E-state index in [1.807, 2.05) is 0 Å². The van der Waals surface area contributed by atoms with Crippen molar-refractivity contribution in [1.82, 2.24) is 0 Å². The molecular weight excluding hydrogens is 392 g/mol. The number of rotatable bonds is 7. The molecule has 0 amide bonds. The van der Waals surface area contributed by atoms with Crippen molar-refractivity contribution in [3.8, 4) is 22.6 Å². The molecule has 2 atom stereocenters. The van der Waals surface area contributed by atoms with Gasteiger partial charge in [0, 0.05) is 6.07 Å². The van der Waals surface area contributed by atoms with Crippen LogP contribution >= 0.6 is 0 Å². The highest BCUT2D eigenvalue weighted by Crippen LogP contribution is 2.28. The molecule has 0 aliphatic heterocycles. The van der Waals surface area contributed by atoms with Crippen LogP contribution in [0.5, 0.6) is 11.5 Å². The van der Waals surface area contributed by atoms with E-state index in [0.29, 0.717) is 33.6 Å². The molecule has 8 nitrogen and oxygen atoms in total. The first-order chi connectivity index (χ1) is 14.2. The number of ether oxygens (including phenoxy) is 2. The van der Waals surface area contributed by atoms with Crippen LogP contribution in [0.15, 0.2) is 51.9 Å². The molecule has 0 saturated heterocycles. The Bertz CT molecular complexity index is 1160. The van der Waals surface area contributed by atoms with Gasteiger partial charge in [-0.3, -0.25) is 4.79 Å². The summed E-state index contributed by atoms with van der Waals surface area (Å²) in [6, 6.07) is 9.53. The maximum atomic E-state index is 13.0. The Hall–Kier alpha value is -3.81. The smallest absolute Gasteiger partial charge is 0.344 e.